The molecule has 0 bridgehead atoms. The molecule has 6 nitrogen and oxygen atoms in total. The highest BCUT2D eigenvalue weighted by molar-refractivity contribution is 7.91. The number of carbonyl (C=O) groups is 1. The number of rotatable bonds is 5. The van der Waals surface area contributed by atoms with Gasteiger partial charge < -0.3 is 15.4 Å². The zero-order chi connectivity index (χ0) is 12.0. The number of ether oxygens (including phenoxy) is 1. The van der Waals surface area contributed by atoms with Gasteiger partial charge in [-0.15, -0.1) is 0 Å². The SMILES string of the molecule is CCS(=O)(=O)CCNC(=O)C1CNCCO1. The van der Waals surface area contributed by atoms with Crippen LogP contribution in [0.5, 0.6) is 0 Å². The molecule has 94 valence electrons. The first-order valence-corrected chi connectivity index (χ1v) is 7.18. The van der Waals surface area contributed by atoms with Crippen molar-refractivity contribution in [2.24, 2.45) is 0 Å². The van der Waals surface area contributed by atoms with E-state index in [4.69, 9.17) is 4.74 Å². The van der Waals surface area contributed by atoms with Crippen LogP contribution in [0.3, 0.4) is 0 Å². The van der Waals surface area contributed by atoms with Crippen LogP contribution in [-0.2, 0) is 19.4 Å². The van der Waals surface area contributed by atoms with E-state index in [0.717, 1.165) is 6.54 Å². The second-order valence-electron chi connectivity index (χ2n) is 3.59. The molecule has 7 heteroatoms. The smallest absolute Gasteiger partial charge is 0.250 e. The maximum absolute atomic E-state index is 11.5. The fourth-order valence-corrected chi connectivity index (χ4v) is 2.02. The Bertz CT molecular complexity index is 322. The standard InChI is InChI=1S/C9H18N2O4S/c1-2-16(13,14)6-4-11-9(12)8-7-10-3-5-15-8/h8,10H,2-7H2,1H3,(H,11,12). The fraction of sp³-hybridized carbons (Fsp3) is 0.889. The Morgan fingerprint density at radius 2 is 2.31 bits per heavy atom. The molecule has 1 unspecified atom stereocenters. The van der Waals surface area contributed by atoms with Crippen LogP contribution in [0, 0.1) is 0 Å². The van der Waals surface area contributed by atoms with E-state index in [2.05, 4.69) is 10.6 Å². The minimum atomic E-state index is -3.02. The summed E-state index contributed by atoms with van der Waals surface area (Å²) in [4.78, 5) is 11.5. The van der Waals surface area contributed by atoms with Gasteiger partial charge in [0.15, 0.2) is 9.84 Å². The first kappa shape index (κ1) is 13.4. The molecule has 0 spiro atoms. The molecule has 0 aromatic heterocycles. The lowest BCUT2D eigenvalue weighted by Gasteiger charge is -2.22. The molecular weight excluding hydrogens is 232 g/mol. The molecule has 0 aliphatic carbocycles. The summed E-state index contributed by atoms with van der Waals surface area (Å²) < 4.78 is 27.5. The third-order valence-electron chi connectivity index (χ3n) is 2.37. The predicted octanol–water partition coefficient (Wildman–Crippen LogP) is -1.47. The highest BCUT2D eigenvalue weighted by Crippen LogP contribution is 1.95. The van der Waals surface area contributed by atoms with Crippen LogP contribution < -0.4 is 10.6 Å². The van der Waals surface area contributed by atoms with Crippen molar-refractivity contribution in [2.45, 2.75) is 13.0 Å². The summed E-state index contributed by atoms with van der Waals surface area (Å²) in [7, 11) is -3.02. The molecule has 1 aliphatic rings. The number of nitrogens with one attached hydrogen (secondary N) is 2. The zero-order valence-electron chi connectivity index (χ0n) is 9.36. The molecule has 0 saturated carbocycles. The molecule has 1 heterocycles. The van der Waals surface area contributed by atoms with Crippen molar-refractivity contribution >= 4 is 15.7 Å². The Labute approximate surface area is 95.7 Å². The summed E-state index contributed by atoms with van der Waals surface area (Å²) in [5.41, 5.74) is 0. The van der Waals surface area contributed by atoms with Crippen molar-refractivity contribution < 1.29 is 17.9 Å². The van der Waals surface area contributed by atoms with Gasteiger partial charge in [-0.2, -0.15) is 0 Å². The van der Waals surface area contributed by atoms with Gasteiger partial charge in [-0.05, 0) is 0 Å². The Kier molecular flexibility index (Phi) is 5.17. The Morgan fingerprint density at radius 3 is 2.88 bits per heavy atom. The number of hydrogen-bond donors (Lipinski definition) is 2. The maximum Gasteiger partial charge on any atom is 0.250 e. The minimum Gasteiger partial charge on any atom is -0.366 e. The highest BCUT2D eigenvalue weighted by atomic mass is 32.2. The van der Waals surface area contributed by atoms with Crippen LogP contribution in [-0.4, -0.2) is 58.2 Å². The molecule has 1 fully saturated rings. The van der Waals surface area contributed by atoms with Crippen LogP contribution in [0.25, 0.3) is 0 Å². The lowest BCUT2D eigenvalue weighted by atomic mass is 10.3. The summed E-state index contributed by atoms with van der Waals surface area (Å²) in [6, 6.07) is 0. The average molecular weight is 250 g/mol. The molecule has 0 radical (unpaired) electrons. The van der Waals surface area contributed by atoms with Gasteiger partial charge in [-0.1, -0.05) is 6.92 Å². The van der Waals surface area contributed by atoms with Gasteiger partial charge in [-0.3, -0.25) is 4.79 Å². The lowest BCUT2D eigenvalue weighted by Crippen LogP contribution is -2.48. The third-order valence-corrected chi connectivity index (χ3v) is 4.08. The van der Waals surface area contributed by atoms with Crippen molar-refractivity contribution in [3.63, 3.8) is 0 Å². The van der Waals surface area contributed by atoms with E-state index >= 15 is 0 Å². The van der Waals surface area contributed by atoms with Crippen molar-refractivity contribution in [3.05, 3.63) is 0 Å². The molecule has 1 atom stereocenters. The number of morpholine rings is 1. The number of carbonyl (C=O) groups excluding carboxylic acids is 1. The largest absolute Gasteiger partial charge is 0.366 e. The number of amides is 1. The van der Waals surface area contributed by atoms with Gasteiger partial charge in [0.2, 0.25) is 5.91 Å². The highest BCUT2D eigenvalue weighted by Gasteiger charge is 2.21. The maximum atomic E-state index is 11.5. The van der Waals surface area contributed by atoms with Crippen LogP contribution in [0.2, 0.25) is 0 Å². The van der Waals surface area contributed by atoms with E-state index in [1.807, 2.05) is 0 Å². The van der Waals surface area contributed by atoms with Crippen molar-refractivity contribution in [3.8, 4) is 0 Å². The van der Waals surface area contributed by atoms with Gasteiger partial charge in [0.05, 0.1) is 12.4 Å². The normalized spacial score (nSPS) is 21.7. The van der Waals surface area contributed by atoms with E-state index < -0.39 is 15.9 Å². The van der Waals surface area contributed by atoms with Crippen molar-refractivity contribution in [1.82, 2.24) is 10.6 Å². The zero-order valence-corrected chi connectivity index (χ0v) is 10.2. The lowest BCUT2D eigenvalue weighted by molar-refractivity contribution is -0.134. The molecule has 1 amide bonds. The minimum absolute atomic E-state index is 0.0185. The first-order valence-electron chi connectivity index (χ1n) is 5.35. The fourth-order valence-electron chi connectivity index (χ4n) is 1.32. The molecule has 1 saturated heterocycles. The second-order valence-corrected chi connectivity index (χ2v) is 6.06. The Hall–Kier alpha value is -0.660. The summed E-state index contributed by atoms with van der Waals surface area (Å²) in [6.07, 6.45) is -0.502. The molecule has 1 rings (SSSR count). The van der Waals surface area contributed by atoms with E-state index in [1.54, 1.807) is 6.92 Å². The van der Waals surface area contributed by atoms with E-state index in [-0.39, 0.29) is 24.0 Å². The second kappa shape index (κ2) is 6.17. The Balaban J connectivity index is 2.24. The van der Waals surface area contributed by atoms with Gasteiger partial charge >= 0.3 is 0 Å². The average Bonchev–Trinajstić information content (AvgIpc) is 2.30. The first-order chi connectivity index (χ1) is 7.55. The predicted molar refractivity (Wildman–Crippen MR) is 59.9 cm³/mol. The molecule has 2 N–H and O–H groups in total. The van der Waals surface area contributed by atoms with Gasteiger partial charge in [-0.25, -0.2) is 8.42 Å². The van der Waals surface area contributed by atoms with Gasteiger partial charge in [0, 0.05) is 25.4 Å². The monoisotopic (exact) mass is 250 g/mol. The summed E-state index contributed by atoms with van der Waals surface area (Å²) >= 11 is 0. The molecular formula is C9H18N2O4S. The Morgan fingerprint density at radius 1 is 1.56 bits per heavy atom. The van der Waals surface area contributed by atoms with E-state index in [9.17, 15) is 13.2 Å². The van der Waals surface area contributed by atoms with Crippen molar-refractivity contribution in [1.29, 1.82) is 0 Å². The van der Waals surface area contributed by atoms with Gasteiger partial charge in [0.1, 0.15) is 6.10 Å². The summed E-state index contributed by atoms with van der Waals surface area (Å²) in [5, 5.41) is 5.59. The number of sulfone groups is 1. The molecule has 1 aliphatic heterocycles. The van der Waals surface area contributed by atoms with E-state index in [0.29, 0.717) is 13.2 Å². The van der Waals surface area contributed by atoms with Crippen LogP contribution in [0.4, 0.5) is 0 Å². The quantitative estimate of drug-likeness (QED) is 0.622. The van der Waals surface area contributed by atoms with Gasteiger partial charge in [0.25, 0.3) is 0 Å². The summed E-state index contributed by atoms with van der Waals surface area (Å²) in [6.45, 7) is 3.46. The summed E-state index contributed by atoms with van der Waals surface area (Å²) in [5.74, 6) is -0.168. The topological polar surface area (TPSA) is 84.5 Å². The van der Waals surface area contributed by atoms with Crippen LogP contribution in [0.1, 0.15) is 6.92 Å². The molecule has 0 aromatic carbocycles. The van der Waals surface area contributed by atoms with Crippen LogP contribution in [0.15, 0.2) is 0 Å². The van der Waals surface area contributed by atoms with Crippen LogP contribution >= 0.6 is 0 Å². The third kappa shape index (κ3) is 4.46. The molecule has 16 heavy (non-hydrogen) atoms. The van der Waals surface area contributed by atoms with E-state index in [1.165, 1.54) is 0 Å². The molecule has 0 aromatic rings. The van der Waals surface area contributed by atoms with Crippen molar-refractivity contribution in [2.75, 3.05) is 37.7 Å². The number of hydrogen-bond acceptors (Lipinski definition) is 5.